The second-order valence-electron chi connectivity index (χ2n) is 5.12. The highest BCUT2D eigenvalue weighted by Crippen LogP contribution is 2.24. The highest BCUT2D eigenvalue weighted by atomic mass is 79.9. The number of sulfonamides is 1. The molecule has 0 aromatic rings. The number of sulfone groups is 1. The second kappa shape index (κ2) is 6.41. The summed E-state index contributed by atoms with van der Waals surface area (Å²) < 4.78 is 50.2. The van der Waals surface area contributed by atoms with Gasteiger partial charge < -0.3 is 0 Å². The van der Waals surface area contributed by atoms with Gasteiger partial charge in [0.25, 0.3) is 0 Å². The van der Waals surface area contributed by atoms with E-state index in [9.17, 15) is 16.8 Å². The largest absolute Gasteiger partial charge is 0.229 e. The van der Waals surface area contributed by atoms with E-state index >= 15 is 0 Å². The zero-order chi connectivity index (χ0) is 14.7. The van der Waals surface area contributed by atoms with Crippen molar-refractivity contribution in [3.63, 3.8) is 0 Å². The van der Waals surface area contributed by atoms with Crippen LogP contribution in [0.4, 0.5) is 0 Å². The van der Waals surface area contributed by atoms with Gasteiger partial charge >= 0.3 is 0 Å². The Morgan fingerprint density at radius 2 is 1.68 bits per heavy atom. The molecule has 5 nitrogen and oxygen atoms in total. The third-order valence-corrected chi connectivity index (χ3v) is 8.76. The van der Waals surface area contributed by atoms with Gasteiger partial charge in [0.05, 0.1) is 16.8 Å². The summed E-state index contributed by atoms with van der Waals surface area (Å²) in [5, 5.41) is -0.0374. The molecule has 0 aromatic carbocycles. The van der Waals surface area contributed by atoms with Crippen LogP contribution in [-0.4, -0.2) is 44.5 Å². The van der Waals surface area contributed by atoms with E-state index in [2.05, 4.69) is 20.7 Å². The molecule has 0 radical (unpaired) electrons. The average Bonchev–Trinajstić information content (AvgIpc) is 2.35. The Hall–Kier alpha value is 0.340. The van der Waals surface area contributed by atoms with Gasteiger partial charge in [-0.1, -0.05) is 29.8 Å². The van der Waals surface area contributed by atoms with Crippen LogP contribution in [0.25, 0.3) is 0 Å². The highest BCUT2D eigenvalue weighted by Gasteiger charge is 2.37. The number of hydrogen-bond donors (Lipinski definition) is 1. The molecular weight excluding hydrogens is 354 g/mol. The molecule has 0 aliphatic carbocycles. The Bertz CT molecular complexity index is 475. The third kappa shape index (κ3) is 4.41. The van der Waals surface area contributed by atoms with Crippen LogP contribution in [0.1, 0.15) is 39.5 Å². The van der Waals surface area contributed by atoms with E-state index in [-0.39, 0.29) is 24.3 Å². The summed E-state index contributed by atoms with van der Waals surface area (Å²) in [6, 6.07) is 0. The number of halogens is 1. The van der Waals surface area contributed by atoms with Crippen molar-refractivity contribution in [2.24, 2.45) is 0 Å². The van der Waals surface area contributed by atoms with Gasteiger partial charge in [-0.05, 0) is 25.7 Å². The summed E-state index contributed by atoms with van der Waals surface area (Å²) in [6.45, 7) is 3.89. The summed E-state index contributed by atoms with van der Waals surface area (Å²) in [7, 11) is -6.51. The lowest BCUT2D eigenvalue weighted by Crippen LogP contribution is -2.53. The summed E-state index contributed by atoms with van der Waals surface area (Å²) in [5.74, 6) is -0.0592. The Morgan fingerprint density at radius 3 is 2.05 bits per heavy atom. The predicted octanol–water partition coefficient (Wildman–Crippen LogP) is 1.44. The Kier molecular flexibility index (Phi) is 5.86. The molecule has 8 heteroatoms. The molecular formula is C11H22BrNO4S2. The normalized spacial score (nSPS) is 21.4. The molecule has 1 saturated heterocycles. The molecule has 1 aliphatic heterocycles. The number of alkyl halides is 1. The van der Waals surface area contributed by atoms with Crippen molar-refractivity contribution >= 4 is 35.8 Å². The van der Waals surface area contributed by atoms with Crippen LogP contribution in [0.3, 0.4) is 0 Å². The van der Waals surface area contributed by atoms with Crippen molar-refractivity contribution in [1.82, 2.24) is 4.72 Å². The van der Waals surface area contributed by atoms with Crippen LogP contribution in [-0.2, 0) is 19.9 Å². The van der Waals surface area contributed by atoms with Gasteiger partial charge in [-0.15, -0.1) is 0 Å². The fraction of sp³-hybridized carbons (Fsp3) is 1.00. The van der Waals surface area contributed by atoms with E-state index in [1.807, 2.05) is 13.8 Å². The lowest BCUT2D eigenvalue weighted by Gasteiger charge is -2.33. The molecule has 1 N–H and O–H groups in total. The minimum atomic E-state index is -3.47. The number of hydrogen-bond acceptors (Lipinski definition) is 4. The van der Waals surface area contributed by atoms with Crippen LogP contribution in [0, 0.1) is 0 Å². The first kappa shape index (κ1) is 17.4. The number of nitrogens with one attached hydrogen (secondary N) is 1. The maximum atomic E-state index is 12.4. The van der Waals surface area contributed by atoms with Gasteiger partial charge in [-0.25, -0.2) is 21.6 Å². The zero-order valence-corrected chi connectivity index (χ0v) is 14.6. The maximum Gasteiger partial charge on any atom is 0.215 e. The molecule has 0 saturated carbocycles. The fourth-order valence-corrected chi connectivity index (χ4v) is 7.07. The third-order valence-electron chi connectivity index (χ3n) is 3.91. The second-order valence-corrected chi connectivity index (χ2v) is 9.94. The van der Waals surface area contributed by atoms with E-state index in [0.29, 0.717) is 18.2 Å². The Balaban J connectivity index is 2.82. The molecule has 0 aromatic heterocycles. The predicted molar refractivity (Wildman–Crippen MR) is 80.8 cm³/mol. The standard InChI is InChI=1S/C11H22BrNO4S2/c1-3-11(4-2,9-12)13-19(16,17)10-5-7-18(14,15)8-6-10/h10,13H,3-9H2,1-2H3. The quantitative estimate of drug-likeness (QED) is 0.712. The van der Waals surface area contributed by atoms with Crippen molar-refractivity contribution in [3.8, 4) is 0 Å². The minimum absolute atomic E-state index is 0.0296. The SMILES string of the molecule is CCC(CC)(CBr)NS(=O)(=O)C1CCS(=O)(=O)CC1. The number of rotatable bonds is 6. The van der Waals surface area contributed by atoms with Crippen LogP contribution in [0.15, 0.2) is 0 Å². The smallest absolute Gasteiger partial charge is 0.215 e. The van der Waals surface area contributed by atoms with Crippen LogP contribution in [0.5, 0.6) is 0 Å². The summed E-state index contributed by atoms with van der Waals surface area (Å²) in [4.78, 5) is 0. The molecule has 1 heterocycles. The Labute approximate surface area is 124 Å². The molecule has 0 atom stereocenters. The average molecular weight is 376 g/mol. The highest BCUT2D eigenvalue weighted by molar-refractivity contribution is 9.09. The van der Waals surface area contributed by atoms with Gasteiger partial charge in [0, 0.05) is 10.9 Å². The first-order valence-corrected chi connectivity index (χ1v) is 11.0. The molecule has 1 rings (SSSR count). The lowest BCUT2D eigenvalue weighted by molar-refractivity contribution is 0.394. The molecule has 1 aliphatic rings. The molecule has 0 amide bonds. The fourth-order valence-electron chi connectivity index (χ4n) is 2.17. The van der Waals surface area contributed by atoms with Gasteiger partial charge in [0.15, 0.2) is 0 Å². The van der Waals surface area contributed by atoms with Crippen molar-refractivity contribution in [2.75, 3.05) is 16.8 Å². The molecule has 0 spiro atoms. The van der Waals surface area contributed by atoms with Crippen LogP contribution in [0.2, 0.25) is 0 Å². The van der Waals surface area contributed by atoms with Crippen LogP contribution >= 0.6 is 15.9 Å². The van der Waals surface area contributed by atoms with Gasteiger partial charge in [0.1, 0.15) is 9.84 Å². The Morgan fingerprint density at radius 1 is 1.21 bits per heavy atom. The van der Waals surface area contributed by atoms with E-state index in [1.54, 1.807) is 0 Å². The first-order chi connectivity index (χ1) is 8.70. The molecule has 19 heavy (non-hydrogen) atoms. The van der Waals surface area contributed by atoms with Crippen molar-refractivity contribution in [3.05, 3.63) is 0 Å². The molecule has 0 bridgehead atoms. The zero-order valence-electron chi connectivity index (χ0n) is 11.4. The van der Waals surface area contributed by atoms with Crippen molar-refractivity contribution < 1.29 is 16.8 Å². The summed E-state index contributed by atoms with van der Waals surface area (Å²) >= 11 is 3.37. The molecule has 114 valence electrons. The van der Waals surface area contributed by atoms with Gasteiger partial charge in [-0.2, -0.15) is 0 Å². The maximum absolute atomic E-state index is 12.4. The minimum Gasteiger partial charge on any atom is -0.229 e. The first-order valence-electron chi connectivity index (χ1n) is 6.49. The van der Waals surface area contributed by atoms with E-state index in [0.717, 1.165) is 0 Å². The van der Waals surface area contributed by atoms with E-state index in [1.165, 1.54) is 0 Å². The summed E-state index contributed by atoms with van der Waals surface area (Å²) in [5.41, 5.74) is -0.477. The summed E-state index contributed by atoms with van der Waals surface area (Å²) in [6.07, 6.45) is 1.78. The van der Waals surface area contributed by atoms with E-state index < -0.39 is 30.6 Å². The van der Waals surface area contributed by atoms with Crippen LogP contribution < -0.4 is 4.72 Å². The van der Waals surface area contributed by atoms with Gasteiger partial charge in [-0.3, -0.25) is 0 Å². The monoisotopic (exact) mass is 375 g/mol. The van der Waals surface area contributed by atoms with E-state index in [4.69, 9.17) is 0 Å². The molecule has 1 fully saturated rings. The lowest BCUT2D eigenvalue weighted by atomic mass is 9.97. The van der Waals surface area contributed by atoms with Crippen molar-refractivity contribution in [1.29, 1.82) is 0 Å². The van der Waals surface area contributed by atoms with Gasteiger partial charge in [0.2, 0.25) is 10.0 Å². The topological polar surface area (TPSA) is 80.3 Å². The van der Waals surface area contributed by atoms with Crippen molar-refractivity contribution in [2.45, 2.75) is 50.3 Å². The molecule has 0 unspecified atom stereocenters.